The summed E-state index contributed by atoms with van der Waals surface area (Å²) in [7, 11) is 0. The van der Waals surface area contributed by atoms with Gasteiger partial charge in [0.25, 0.3) is 5.91 Å². The summed E-state index contributed by atoms with van der Waals surface area (Å²) < 4.78 is 11.5. The van der Waals surface area contributed by atoms with Gasteiger partial charge in [0.05, 0.1) is 18.4 Å². The van der Waals surface area contributed by atoms with Crippen LogP contribution in [0.4, 0.5) is 4.79 Å². The maximum Gasteiger partial charge on any atom is 0.329 e. The van der Waals surface area contributed by atoms with Crippen molar-refractivity contribution in [3.63, 3.8) is 0 Å². The van der Waals surface area contributed by atoms with E-state index in [4.69, 9.17) is 9.47 Å². The van der Waals surface area contributed by atoms with Gasteiger partial charge in [-0.3, -0.25) is 4.79 Å². The van der Waals surface area contributed by atoms with Crippen molar-refractivity contribution in [2.75, 3.05) is 0 Å². The molecule has 0 radical (unpaired) electrons. The number of urea groups is 1. The number of benzene rings is 1. The Morgan fingerprint density at radius 1 is 1.32 bits per heavy atom. The number of nitrogens with one attached hydrogen (secondary N) is 1. The predicted octanol–water partition coefficient (Wildman–Crippen LogP) is 3.08. The molecule has 3 rings (SSSR count). The number of rotatable bonds is 3. The Balaban J connectivity index is 1.80. The molecule has 8 nitrogen and oxygen atoms in total. The molecule has 1 aromatic carbocycles. The predicted molar refractivity (Wildman–Crippen MR) is 105 cm³/mol. The van der Waals surface area contributed by atoms with E-state index in [0.717, 1.165) is 16.0 Å². The van der Waals surface area contributed by atoms with Crippen LogP contribution in [0.5, 0.6) is 5.75 Å². The first-order valence-corrected chi connectivity index (χ1v) is 8.88. The van der Waals surface area contributed by atoms with Crippen molar-refractivity contribution in [3.05, 3.63) is 41.2 Å². The quantitative estimate of drug-likeness (QED) is 0.492. The van der Waals surface area contributed by atoms with Gasteiger partial charge in [0.2, 0.25) is 0 Å². The van der Waals surface area contributed by atoms with Gasteiger partial charge in [-0.05, 0) is 64.6 Å². The summed E-state index contributed by atoms with van der Waals surface area (Å²) in [5, 5.41) is 2.62. The maximum atomic E-state index is 12.3. The van der Waals surface area contributed by atoms with Gasteiger partial charge in [-0.15, -0.1) is 0 Å². The Labute approximate surface area is 163 Å². The first-order valence-electron chi connectivity index (χ1n) is 8.88. The molecule has 2 heterocycles. The second-order valence-corrected chi connectivity index (χ2v) is 7.76. The van der Waals surface area contributed by atoms with Gasteiger partial charge >= 0.3 is 12.1 Å². The van der Waals surface area contributed by atoms with Gasteiger partial charge < -0.3 is 14.8 Å². The Morgan fingerprint density at radius 2 is 2.04 bits per heavy atom. The normalized spacial score (nSPS) is 20.8. The molecule has 2 aliphatic heterocycles. The number of amidine groups is 1. The van der Waals surface area contributed by atoms with Gasteiger partial charge in [0, 0.05) is 5.70 Å². The molecule has 0 saturated carbocycles. The number of carbonyl (C=O) groups is 2. The summed E-state index contributed by atoms with van der Waals surface area (Å²) >= 11 is 0. The molecular formula is C20H24N4O4. The molecule has 28 heavy (non-hydrogen) atoms. The summed E-state index contributed by atoms with van der Waals surface area (Å²) in [5.74, 6) is 0.196. The third-order valence-corrected chi connectivity index (χ3v) is 4.74. The Kier molecular flexibility index (Phi) is 4.84. The van der Waals surface area contributed by atoms with Gasteiger partial charge in [-0.1, -0.05) is 6.07 Å². The van der Waals surface area contributed by atoms with E-state index in [9.17, 15) is 9.59 Å². The fourth-order valence-electron chi connectivity index (χ4n) is 3.12. The molecule has 0 spiro atoms. The molecule has 3 amide bonds. The third kappa shape index (κ3) is 3.55. The molecule has 0 atom stereocenters. The average Bonchev–Trinajstić information content (AvgIpc) is 3.03. The van der Waals surface area contributed by atoms with Crippen LogP contribution in [-0.2, 0) is 21.7 Å². The topological polar surface area (TPSA) is 92.6 Å². The highest BCUT2D eigenvalue weighted by atomic mass is 16.5. The number of hydrogen-bond donors (Lipinski definition) is 1. The van der Waals surface area contributed by atoms with E-state index in [0.29, 0.717) is 18.1 Å². The fourth-order valence-corrected chi connectivity index (χ4v) is 3.12. The minimum atomic E-state index is -0.953. The molecule has 1 aromatic rings. The fraction of sp³-hybridized carbons (Fsp3) is 0.400. The summed E-state index contributed by atoms with van der Waals surface area (Å²) in [6.07, 6.45) is 1.35. The summed E-state index contributed by atoms with van der Waals surface area (Å²) in [6.45, 7) is 12.9. The zero-order valence-electron chi connectivity index (χ0n) is 16.7. The largest absolute Gasteiger partial charge is 0.424 e. The lowest BCUT2D eigenvalue weighted by atomic mass is 9.96. The van der Waals surface area contributed by atoms with Gasteiger partial charge in [0.15, 0.2) is 0 Å². The van der Waals surface area contributed by atoms with Gasteiger partial charge in [0.1, 0.15) is 11.3 Å². The van der Waals surface area contributed by atoms with Crippen molar-refractivity contribution < 1.29 is 19.1 Å². The lowest BCUT2D eigenvalue weighted by molar-refractivity contribution is -0.128. The molecule has 1 fully saturated rings. The highest BCUT2D eigenvalue weighted by molar-refractivity contribution is 6.08. The molecule has 1 N–H and O–H groups in total. The van der Waals surface area contributed by atoms with Crippen molar-refractivity contribution >= 4 is 24.7 Å². The van der Waals surface area contributed by atoms with E-state index in [-0.39, 0.29) is 17.5 Å². The molecule has 0 unspecified atom stereocenters. The first kappa shape index (κ1) is 19.8. The zero-order chi connectivity index (χ0) is 20.7. The van der Waals surface area contributed by atoms with Crippen LogP contribution in [0, 0.1) is 0 Å². The lowest BCUT2D eigenvalue weighted by Gasteiger charge is -2.18. The number of imide groups is 1. The number of aliphatic imine (C=N–C) groups is 2. The summed E-state index contributed by atoms with van der Waals surface area (Å²) in [5.41, 5.74) is 1.16. The number of carbonyl (C=O) groups excluding carboxylic acids is 2. The van der Waals surface area contributed by atoms with Crippen LogP contribution in [0.2, 0.25) is 0 Å². The monoisotopic (exact) mass is 384 g/mol. The second-order valence-electron chi connectivity index (χ2n) is 7.76. The van der Waals surface area contributed by atoms with E-state index in [1.165, 1.54) is 6.20 Å². The van der Waals surface area contributed by atoms with Crippen molar-refractivity contribution in [2.24, 2.45) is 9.98 Å². The highest BCUT2D eigenvalue weighted by Crippen LogP contribution is 2.37. The van der Waals surface area contributed by atoms with E-state index >= 15 is 0 Å². The SMILES string of the molecule is C=NC(=NC=C(C)N1C(=O)NC(C)(C)C1=O)Oc1ccc2c(c1)C(C)(C)OC2. The number of nitrogens with zero attached hydrogens (tertiary/aromatic N) is 3. The second kappa shape index (κ2) is 6.87. The average molecular weight is 384 g/mol. The highest BCUT2D eigenvalue weighted by Gasteiger charge is 2.45. The van der Waals surface area contributed by atoms with Gasteiger partial charge in [-0.2, -0.15) is 0 Å². The first-order chi connectivity index (χ1) is 13.0. The molecule has 0 aromatic heterocycles. The minimum absolute atomic E-state index is 0.00216. The van der Waals surface area contributed by atoms with E-state index in [1.807, 2.05) is 26.0 Å². The van der Waals surface area contributed by atoms with Crippen LogP contribution in [0.15, 0.2) is 40.1 Å². The minimum Gasteiger partial charge on any atom is -0.424 e. The van der Waals surface area contributed by atoms with Crippen LogP contribution < -0.4 is 10.1 Å². The molecule has 8 heteroatoms. The number of fused-ring (bicyclic) bond motifs is 1. The van der Waals surface area contributed by atoms with Crippen molar-refractivity contribution in [2.45, 2.75) is 52.4 Å². The van der Waals surface area contributed by atoms with E-state index in [1.54, 1.807) is 26.8 Å². The smallest absolute Gasteiger partial charge is 0.329 e. The molecule has 2 aliphatic rings. The molecular weight excluding hydrogens is 360 g/mol. The Bertz CT molecular complexity index is 915. The van der Waals surface area contributed by atoms with Crippen LogP contribution in [0.3, 0.4) is 0 Å². The van der Waals surface area contributed by atoms with Crippen LogP contribution >= 0.6 is 0 Å². The number of amides is 3. The third-order valence-electron chi connectivity index (χ3n) is 4.74. The lowest BCUT2D eigenvalue weighted by Crippen LogP contribution is -2.40. The van der Waals surface area contributed by atoms with Crippen LogP contribution in [0.1, 0.15) is 45.7 Å². The Hall–Kier alpha value is -3.00. The Morgan fingerprint density at radius 3 is 2.64 bits per heavy atom. The van der Waals surface area contributed by atoms with Gasteiger partial charge in [-0.25, -0.2) is 19.7 Å². The molecule has 148 valence electrons. The van der Waals surface area contributed by atoms with E-state index in [2.05, 4.69) is 22.0 Å². The molecule has 0 aliphatic carbocycles. The van der Waals surface area contributed by atoms with Crippen molar-refractivity contribution in [1.29, 1.82) is 0 Å². The van der Waals surface area contributed by atoms with Crippen molar-refractivity contribution in [1.82, 2.24) is 10.2 Å². The van der Waals surface area contributed by atoms with Crippen LogP contribution in [0.25, 0.3) is 0 Å². The van der Waals surface area contributed by atoms with Crippen LogP contribution in [-0.4, -0.2) is 35.1 Å². The van der Waals surface area contributed by atoms with Crippen molar-refractivity contribution in [3.8, 4) is 5.75 Å². The zero-order valence-corrected chi connectivity index (χ0v) is 16.7. The number of allylic oxidation sites excluding steroid dienone is 1. The standard InChI is InChI=1S/C20H24N4O4/c1-12(24-16(25)19(2,3)23-18(24)26)10-22-17(21-6)28-14-8-7-13-11-27-20(4,5)15(13)9-14/h7-10H,6,11H2,1-5H3,(H,23,26). The number of ether oxygens (including phenoxy) is 2. The summed E-state index contributed by atoms with van der Waals surface area (Å²) in [6, 6.07) is 5.15. The maximum absolute atomic E-state index is 12.3. The van der Waals surface area contributed by atoms with E-state index < -0.39 is 11.6 Å². The molecule has 0 bridgehead atoms. The molecule has 1 saturated heterocycles. The number of hydrogen-bond acceptors (Lipinski definition) is 5. The summed E-state index contributed by atoms with van der Waals surface area (Å²) in [4.78, 5) is 33.3.